The third-order valence-electron chi connectivity index (χ3n) is 5.78. The van der Waals surface area contributed by atoms with E-state index in [1.165, 1.54) is 0 Å². The average molecular weight is 603 g/mol. The SMILES string of the molecule is C[C@@H]([C@H]([O-])c1ccccc1)N(C)CC(C)(C)[O-].C[C@@H]([C@H]([O-])c1ccccc1)N(C)CC(C)(C)[O-].ClCCl.[Ti+4]. The molecule has 0 aliphatic carbocycles. The second-order valence-electron chi connectivity index (χ2n) is 10.6. The van der Waals surface area contributed by atoms with Crippen LogP contribution in [0.1, 0.15) is 64.9 Å². The van der Waals surface area contributed by atoms with Gasteiger partial charge in [-0.15, -0.1) is 34.4 Å². The predicted octanol–water partition coefficient (Wildman–Crippen LogP) is 2.51. The Morgan fingerprint density at radius 2 is 0.895 bits per heavy atom. The van der Waals surface area contributed by atoms with Gasteiger partial charge in [0.2, 0.25) is 0 Å². The molecule has 0 aliphatic rings. The van der Waals surface area contributed by atoms with E-state index < -0.39 is 23.4 Å². The number of alkyl halides is 2. The summed E-state index contributed by atoms with van der Waals surface area (Å²) < 4.78 is 0. The molecule has 2 rings (SSSR count). The van der Waals surface area contributed by atoms with Crippen LogP contribution in [0.5, 0.6) is 0 Å². The van der Waals surface area contributed by atoms with Crippen molar-refractivity contribution in [3.05, 3.63) is 71.8 Å². The van der Waals surface area contributed by atoms with Crippen molar-refractivity contribution in [2.24, 2.45) is 0 Å². The van der Waals surface area contributed by atoms with E-state index in [9.17, 15) is 20.4 Å². The van der Waals surface area contributed by atoms with Crippen LogP contribution in [0.2, 0.25) is 0 Å². The smallest absolute Gasteiger partial charge is 0.849 e. The van der Waals surface area contributed by atoms with Crippen molar-refractivity contribution < 1.29 is 42.1 Å². The van der Waals surface area contributed by atoms with Crippen molar-refractivity contribution in [1.29, 1.82) is 0 Å². The van der Waals surface area contributed by atoms with Gasteiger partial charge in [0, 0.05) is 0 Å². The van der Waals surface area contributed by atoms with Crippen LogP contribution in [0, 0.1) is 0 Å². The molecule has 2 aromatic carbocycles. The van der Waals surface area contributed by atoms with Crippen LogP contribution in [-0.4, -0.2) is 65.6 Å². The standard InChI is InChI=1S/2C14H21NO2.CH2Cl2.Ti/c2*1-11(15(4)10-14(2,3)17)13(16)12-8-6-5-7-9-12;2-1-3;/h2*5-9,11,13H,10H2,1-4H3;1H2;/q2*-2;;+4/t2*11-,13-;;/m00../s1. The van der Waals surface area contributed by atoms with Crippen LogP contribution < -0.4 is 20.4 Å². The minimum atomic E-state index is -1.03. The maximum atomic E-state index is 12.2. The summed E-state index contributed by atoms with van der Waals surface area (Å²) >= 11 is 9.53. The molecule has 2 aromatic rings. The number of nitrogens with zero attached hydrogens (tertiary/aromatic N) is 2. The maximum absolute atomic E-state index is 12.2. The molecule has 9 heteroatoms. The summed E-state index contributed by atoms with van der Waals surface area (Å²) in [6, 6.07) is 18.2. The molecule has 0 aliphatic heterocycles. The van der Waals surface area contributed by atoms with Crippen molar-refractivity contribution in [2.45, 2.75) is 77.0 Å². The van der Waals surface area contributed by atoms with Crippen molar-refractivity contribution in [2.75, 3.05) is 32.5 Å². The number of likely N-dealkylation sites (N-methyl/N-ethyl adjacent to an activating group) is 2. The van der Waals surface area contributed by atoms with Gasteiger partial charge in [-0.2, -0.15) is 0 Å². The van der Waals surface area contributed by atoms with E-state index in [1.54, 1.807) is 27.7 Å². The van der Waals surface area contributed by atoms with Crippen molar-refractivity contribution >= 4 is 23.2 Å². The normalized spacial score (nSPS) is 14.7. The third-order valence-corrected chi connectivity index (χ3v) is 5.78. The van der Waals surface area contributed by atoms with E-state index in [-0.39, 0.29) is 39.1 Å². The summed E-state index contributed by atoms with van der Waals surface area (Å²) in [5.74, 6) is 0. The number of hydrogen-bond donors (Lipinski definition) is 0. The monoisotopic (exact) mass is 602 g/mol. The molecule has 0 spiro atoms. The average Bonchev–Trinajstić information content (AvgIpc) is 2.82. The summed E-state index contributed by atoms with van der Waals surface area (Å²) in [5, 5.41) is 47.9. The van der Waals surface area contributed by atoms with Gasteiger partial charge in [0.05, 0.1) is 5.34 Å². The minimum absolute atomic E-state index is 0. The van der Waals surface area contributed by atoms with E-state index in [0.717, 1.165) is 11.1 Å². The van der Waals surface area contributed by atoms with E-state index in [0.29, 0.717) is 13.1 Å². The number of halogens is 2. The quantitative estimate of drug-likeness (QED) is 0.306. The minimum Gasteiger partial charge on any atom is -0.849 e. The molecule has 212 valence electrons. The first-order valence-electron chi connectivity index (χ1n) is 12.4. The molecule has 0 heterocycles. The summed E-state index contributed by atoms with van der Waals surface area (Å²) in [6.07, 6.45) is -1.63. The molecule has 0 aromatic heterocycles. The fourth-order valence-electron chi connectivity index (χ4n) is 3.79. The van der Waals surface area contributed by atoms with Crippen LogP contribution >= 0.6 is 23.2 Å². The zero-order valence-corrected chi connectivity index (χ0v) is 27.1. The van der Waals surface area contributed by atoms with Gasteiger partial charge < -0.3 is 30.2 Å². The molecular weight excluding hydrogens is 559 g/mol. The Kier molecular flexibility index (Phi) is 20.4. The number of hydrogen-bond acceptors (Lipinski definition) is 6. The summed E-state index contributed by atoms with van der Waals surface area (Å²) in [6.45, 7) is 11.0. The molecule has 0 amide bonds. The third kappa shape index (κ3) is 17.2. The van der Waals surface area contributed by atoms with Crippen molar-refractivity contribution in [3.8, 4) is 0 Å². The fraction of sp³-hybridized carbons (Fsp3) is 0.586. The molecule has 0 bridgehead atoms. The first-order chi connectivity index (χ1) is 17.0. The zero-order valence-electron chi connectivity index (χ0n) is 24.0. The molecule has 38 heavy (non-hydrogen) atoms. The van der Waals surface area contributed by atoms with Gasteiger partial charge in [0.25, 0.3) is 0 Å². The molecule has 6 nitrogen and oxygen atoms in total. The van der Waals surface area contributed by atoms with Gasteiger partial charge in [-0.1, -0.05) is 126 Å². The molecule has 0 saturated heterocycles. The Morgan fingerprint density at radius 1 is 0.658 bits per heavy atom. The first-order valence-corrected chi connectivity index (χ1v) is 13.5. The van der Waals surface area contributed by atoms with Crippen LogP contribution in [-0.2, 0) is 21.7 Å². The first kappa shape index (κ1) is 39.6. The largest absolute Gasteiger partial charge is 4.00 e. The predicted molar refractivity (Wildman–Crippen MR) is 147 cm³/mol. The van der Waals surface area contributed by atoms with Gasteiger partial charge >= 0.3 is 21.7 Å². The van der Waals surface area contributed by atoms with Gasteiger partial charge in [-0.25, -0.2) is 0 Å². The van der Waals surface area contributed by atoms with Crippen LogP contribution in [0.25, 0.3) is 0 Å². The molecule has 4 atom stereocenters. The Bertz CT molecular complexity index is 766. The van der Waals surface area contributed by atoms with E-state index in [4.69, 9.17) is 23.2 Å². The second kappa shape index (κ2) is 19.6. The van der Waals surface area contributed by atoms with Crippen molar-refractivity contribution in [3.63, 3.8) is 0 Å². The number of benzene rings is 2. The van der Waals surface area contributed by atoms with Gasteiger partial charge in [-0.05, 0) is 39.3 Å². The van der Waals surface area contributed by atoms with E-state index >= 15 is 0 Å². The molecule has 0 saturated carbocycles. The zero-order chi connectivity index (χ0) is 28.8. The van der Waals surface area contributed by atoms with Gasteiger partial charge in [-0.3, -0.25) is 0 Å². The van der Waals surface area contributed by atoms with Crippen LogP contribution in [0.3, 0.4) is 0 Å². The van der Waals surface area contributed by atoms with E-state index in [1.807, 2.05) is 98.4 Å². The van der Waals surface area contributed by atoms with Crippen LogP contribution in [0.4, 0.5) is 0 Å². The van der Waals surface area contributed by atoms with Crippen LogP contribution in [0.15, 0.2) is 60.7 Å². The Morgan fingerprint density at radius 3 is 1.11 bits per heavy atom. The van der Waals surface area contributed by atoms with Gasteiger partial charge in [0.1, 0.15) is 0 Å². The molecule has 0 unspecified atom stereocenters. The van der Waals surface area contributed by atoms with Gasteiger partial charge in [0.15, 0.2) is 0 Å². The van der Waals surface area contributed by atoms with E-state index in [2.05, 4.69) is 0 Å². The molecule has 0 radical (unpaired) electrons. The molecule has 0 fully saturated rings. The Labute approximate surface area is 255 Å². The summed E-state index contributed by atoms with van der Waals surface area (Å²) in [7, 11) is 3.66. The fourth-order valence-corrected chi connectivity index (χ4v) is 3.79. The Balaban J connectivity index is 0. The summed E-state index contributed by atoms with van der Waals surface area (Å²) in [4.78, 5) is 3.69. The summed E-state index contributed by atoms with van der Waals surface area (Å²) in [5.41, 5.74) is -0.509. The second-order valence-corrected chi connectivity index (χ2v) is 11.4. The maximum Gasteiger partial charge on any atom is 4.00 e. The van der Waals surface area contributed by atoms with Crippen molar-refractivity contribution in [1.82, 2.24) is 9.80 Å². The topological polar surface area (TPSA) is 98.7 Å². The Hall–Kier alpha value is -0.506. The number of rotatable bonds is 10. The molecule has 0 N–H and O–H groups in total. The molecular formula is C29H44Cl2N2O4Ti.